The summed E-state index contributed by atoms with van der Waals surface area (Å²) in [5.41, 5.74) is 0.611. The van der Waals surface area contributed by atoms with Crippen LogP contribution in [0, 0.1) is 0 Å². The van der Waals surface area contributed by atoms with Gasteiger partial charge in [0.25, 0.3) is 0 Å². The van der Waals surface area contributed by atoms with Gasteiger partial charge >= 0.3 is 0 Å². The van der Waals surface area contributed by atoms with Gasteiger partial charge in [-0.2, -0.15) is 0 Å². The number of hydrogen-bond acceptors (Lipinski definition) is 1. The van der Waals surface area contributed by atoms with E-state index in [-0.39, 0.29) is 0 Å². The first-order chi connectivity index (χ1) is 4.72. The predicted octanol–water partition coefficient (Wildman–Crippen LogP) is 2.22. The Balaban J connectivity index is 3.40. The summed E-state index contributed by atoms with van der Waals surface area (Å²) in [4.78, 5) is 0. The first-order valence-electron chi connectivity index (χ1n) is 4.25. The molecule has 1 nitrogen and oxygen atoms in total. The fourth-order valence-electron chi connectivity index (χ4n) is 1.13. The Morgan fingerprint density at radius 3 is 2.30 bits per heavy atom. The molecule has 1 unspecified atom stereocenters. The molecule has 0 saturated heterocycles. The first-order valence-corrected chi connectivity index (χ1v) is 7.22. The highest BCUT2D eigenvalue weighted by Crippen LogP contribution is 2.06. The molecule has 0 bridgehead atoms. The van der Waals surface area contributed by atoms with Crippen molar-refractivity contribution in [1.82, 2.24) is 0 Å². The molecule has 10 heavy (non-hydrogen) atoms. The van der Waals surface area contributed by atoms with Crippen LogP contribution in [0.1, 0.15) is 26.2 Å². The summed E-state index contributed by atoms with van der Waals surface area (Å²) >= 11 is 0. The van der Waals surface area contributed by atoms with Crippen LogP contribution in [0.25, 0.3) is 0 Å². The maximum Gasteiger partial charge on any atom is 0.0655 e. The fourth-order valence-corrected chi connectivity index (χ4v) is 2.58. The molecule has 0 rings (SSSR count). The van der Waals surface area contributed by atoms with Gasteiger partial charge in [0.15, 0.2) is 0 Å². The molecule has 0 spiro atoms. The van der Waals surface area contributed by atoms with Gasteiger partial charge in [0, 0.05) is 12.8 Å². The van der Waals surface area contributed by atoms with Gasteiger partial charge in [0.05, 0.1) is 8.80 Å². The Labute approximate surface area is 66.4 Å². The smallest absolute Gasteiger partial charge is 0.0655 e. The summed E-state index contributed by atoms with van der Waals surface area (Å²) in [6.07, 6.45) is 3.89. The fraction of sp³-hybridized carbons (Fsp3) is 1.00. The highest BCUT2D eigenvalue weighted by Gasteiger charge is 2.11. The summed E-state index contributed by atoms with van der Waals surface area (Å²) in [6.45, 7) is 6.93. The van der Waals surface area contributed by atoms with Crippen molar-refractivity contribution in [2.75, 3.05) is 7.11 Å². The molecule has 0 amide bonds. The number of methoxy groups -OCH3 is 1. The maximum absolute atomic E-state index is 5.38. The Kier molecular flexibility index (Phi) is 6.03. The van der Waals surface area contributed by atoms with E-state index in [0.717, 1.165) is 0 Å². The molecule has 0 aliphatic heterocycles. The molecule has 62 valence electrons. The molecule has 0 N–H and O–H groups in total. The average Bonchev–Trinajstić information content (AvgIpc) is 1.89. The zero-order chi connectivity index (χ0) is 7.98. The van der Waals surface area contributed by atoms with Crippen molar-refractivity contribution in [2.45, 2.75) is 45.0 Å². The van der Waals surface area contributed by atoms with Gasteiger partial charge in [-0.3, -0.25) is 0 Å². The van der Waals surface area contributed by atoms with Crippen molar-refractivity contribution < 1.29 is 4.74 Å². The van der Waals surface area contributed by atoms with E-state index in [1.807, 2.05) is 7.11 Å². The van der Waals surface area contributed by atoms with Gasteiger partial charge in [-0.05, 0) is 6.42 Å². The second-order valence-corrected chi connectivity index (χ2v) is 6.39. The van der Waals surface area contributed by atoms with E-state index in [1.54, 1.807) is 0 Å². The van der Waals surface area contributed by atoms with Crippen molar-refractivity contribution in [3.8, 4) is 0 Å². The average molecular weight is 160 g/mol. The highest BCUT2D eigenvalue weighted by molar-refractivity contribution is 6.57. The zero-order valence-corrected chi connectivity index (χ0v) is 8.84. The summed E-state index contributed by atoms with van der Waals surface area (Å²) in [6, 6.07) is 0. The number of unbranched alkanes of at least 4 members (excludes halogenated alkanes) is 1. The third-order valence-corrected chi connectivity index (χ3v) is 3.98. The van der Waals surface area contributed by atoms with Gasteiger partial charge in [-0.15, -0.1) is 0 Å². The first kappa shape index (κ1) is 10.2. The Hall–Kier alpha value is 0.177. The van der Waals surface area contributed by atoms with Crippen molar-refractivity contribution in [1.29, 1.82) is 0 Å². The minimum atomic E-state index is -0.539. The van der Waals surface area contributed by atoms with Gasteiger partial charge in [0.1, 0.15) is 0 Å². The lowest BCUT2D eigenvalue weighted by Gasteiger charge is -2.17. The van der Waals surface area contributed by atoms with E-state index in [4.69, 9.17) is 4.74 Å². The number of hydrogen-bond donors (Lipinski definition) is 0. The molecule has 0 aliphatic rings. The van der Waals surface area contributed by atoms with Crippen molar-refractivity contribution in [3.05, 3.63) is 0 Å². The van der Waals surface area contributed by atoms with Crippen LogP contribution < -0.4 is 0 Å². The van der Waals surface area contributed by atoms with Gasteiger partial charge in [-0.25, -0.2) is 0 Å². The van der Waals surface area contributed by atoms with Crippen LogP contribution >= 0.6 is 0 Å². The lowest BCUT2D eigenvalue weighted by molar-refractivity contribution is 0.152. The predicted molar refractivity (Wildman–Crippen MR) is 49.2 cm³/mol. The molecule has 0 fully saturated rings. The number of ether oxygens (including phenoxy) is 1. The van der Waals surface area contributed by atoms with E-state index in [1.165, 1.54) is 19.3 Å². The largest absolute Gasteiger partial charge is 0.385 e. The molecular formula is C8H20OSi. The van der Waals surface area contributed by atoms with E-state index in [9.17, 15) is 0 Å². The van der Waals surface area contributed by atoms with E-state index >= 15 is 0 Å². The Morgan fingerprint density at radius 1 is 1.40 bits per heavy atom. The molecule has 1 atom stereocenters. The Bertz CT molecular complexity index is 73.7. The summed E-state index contributed by atoms with van der Waals surface area (Å²) < 4.78 is 5.38. The van der Waals surface area contributed by atoms with Crippen molar-refractivity contribution >= 4 is 8.80 Å². The summed E-state index contributed by atoms with van der Waals surface area (Å²) in [7, 11) is 1.30. The molecule has 0 aromatic carbocycles. The highest BCUT2D eigenvalue weighted by atomic mass is 28.3. The molecule has 0 aromatic heterocycles. The molecule has 0 saturated carbocycles. The van der Waals surface area contributed by atoms with Crippen LogP contribution in [0.5, 0.6) is 0 Å². The van der Waals surface area contributed by atoms with E-state index < -0.39 is 8.80 Å². The Morgan fingerprint density at radius 2 is 2.00 bits per heavy atom. The van der Waals surface area contributed by atoms with Crippen LogP contribution in [-0.4, -0.2) is 21.6 Å². The normalized spacial score (nSPS) is 14.1. The van der Waals surface area contributed by atoms with Crippen molar-refractivity contribution in [2.24, 2.45) is 0 Å². The van der Waals surface area contributed by atoms with Crippen LogP contribution in [0.3, 0.4) is 0 Å². The van der Waals surface area contributed by atoms with Crippen LogP contribution in [0.2, 0.25) is 13.1 Å². The lowest BCUT2D eigenvalue weighted by Crippen LogP contribution is -2.26. The van der Waals surface area contributed by atoms with Gasteiger partial charge in [0.2, 0.25) is 0 Å². The summed E-state index contributed by atoms with van der Waals surface area (Å²) in [5, 5.41) is 0. The third-order valence-electron chi connectivity index (χ3n) is 1.89. The van der Waals surface area contributed by atoms with Gasteiger partial charge in [-0.1, -0.05) is 32.9 Å². The van der Waals surface area contributed by atoms with Crippen LogP contribution in [0.15, 0.2) is 0 Å². The van der Waals surface area contributed by atoms with E-state index in [2.05, 4.69) is 20.0 Å². The molecule has 0 aromatic rings. The summed E-state index contributed by atoms with van der Waals surface area (Å²) in [5.74, 6) is 0. The molecule has 0 radical (unpaired) electrons. The number of rotatable bonds is 5. The molecule has 2 heteroatoms. The SMILES string of the molecule is CCCCC(OC)[SiH](C)C. The molecule has 0 heterocycles. The quantitative estimate of drug-likeness (QED) is 0.560. The minimum absolute atomic E-state index is 0.539. The lowest BCUT2D eigenvalue weighted by atomic mass is 10.3. The van der Waals surface area contributed by atoms with Crippen LogP contribution in [0.4, 0.5) is 0 Å². The monoisotopic (exact) mass is 160 g/mol. The second kappa shape index (κ2) is 5.92. The zero-order valence-electron chi connectivity index (χ0n) is 7.68. The van der Waals surface area contributed by atoms with Gasteiger partial charge < -0.3 is 4.74 Å². The second-order valence-electron chi connectivity index (χ2n) is 3.16. The minimum Gasteiger partial charge on any atom is -0.385 e. The molecular weight excluding hydrogens is 140 g/mol. The van der Waals surface area contributed by atoms with E-state index in [0.29, 0.717) is 5.73 Å². The van der Waals surface area contributed by atoms with Crippen molar-refractivity contribution in [3.63, 3.8) is 0 Å². The topological polar surface area (TPSA) is 9.23 Å². The maximum atomic E-state index is 5.38. The van der Waals surface area contributed by atoms with Crippen LogP contribution in [-0.2, 0) is 4.74 Å². The molecule has 0 aliphatic carbocycles. The third kappa shape index (κ3) is 4.07. The standard InChI is InChI=1S/C8H20OSi/c1-5-6-7-8(9-2)10(3)4/h8,10H,5-7H2,1-4H3.